The Kier molecular flexibility index (Phi) is 5.07. The van der Waals surface area contributed by atoms with E-state index in [0.717, 1.165) is 28.5 Å². The van der Waals surface area contributed by atoms with Gasteiger partial charge in [-0.15, -0.1) is 11.3 Å². The van der Waals surface area contributed by atoms with E-state index >= 15 is 0 Å². The van der Waals surface area contributed by atoms with Gasteiger partial charge in [0, 0.05) is 23.4 Å². The molecule has 0 bridgehead atoms. The highest BCUT2D eigenvalue weighted by molar-refractivity contribution is 7.13. The highest BCUT2D eigenvalue weighted by atomic mass is 32.1. The average Bonchev–Trinajstić information content (AvgIpc) is 3.22. The van der Waals surface area contributed by atoms with Gasteiger partial charge in [-0.2, -0.15) is 0 Å². The van der Waals surface area contributed by atoms with Crippen molar-refractivity contribution in [3.63, 3.8) is 0 Å². The van der Waals surface area contributed by atoms with Crippen molar-refractivity contribution in [1.82, 2.24) is 10.3 Å². The molecule has 0 fully saturated rings. The van der Waals surface area contributed by atoms with Crippen molar-refractivity contribution in [2.45, 2.75) is 6.42 Å². The van der Waals surface area contributed by atoms with Crippen LogP contribution in [0.1, 0.15) is 16.1 Å². The number of hydrogen-bond donors (Lipinski definition) is 1. The van der Waals surface area contributed by atoms with Crippen molar-refractivity contribution >= 4 is 17.2 Å². The van der Waals surface area contributed by atoms with E-state index in [1.807, 2.05) is 42.5 Å². The number of fused-ring (bicyclic) bond motifs is 1. The molecule has 138 valence electrons. The number of thiazole rings is 1. The summed E-state index contributed by atoms with van der Waals surface area (Å²) in [6, 6.07) is 15.7. The first-order chi connectivity index (χ1) is 13.2. The summed E-state index contributed by atoms with van der Waals surface area (Å²) in [6.07, 6.45) is 0.907. The minimum atomic E-state index is -0.148. The first kappa shape index (κ1) is 17.5. The smallest absolute Gasteiger partial charge is 0.270 e. The number of amides is 1. The van der Waals surface area contributed by atoms with E-state index in [2.05, 4.69) is 16.4 Å². The first-order valence-electron chi connectivity index (χ1n) is 8.82. The van der Waals surface area contributed by atoms with Gasteiger partial charge in [0.1, 0.15) is 22.2 Å². The maximum atomic E-state index is 12.5. The van der Waals surface area contributed by atoms with Gasteiger partial charge in [0.15, 0.2) is 0 Å². The van der Waals surface area contributed by atoms with Crippen LogP contribution in [0.25, 0.3) is 10.6 Å². The molecule has 1 unspecified atom stereocenters. The van der Waals surface area contributed by atoms with Gasteiger partial charge in [0.2, 0.25) is 0 Å². The summed E-state index contributed by atoms with van der Waals surface area (Å²) in [5.74, 6) is 1.86. The molecule has 3 aromatic rings. The predicted octanol–water partition coefficient (Wildman–Crippen LogP) is 3.80. The quantitative estimate of drug-likeness (QED) is 0.731. The van der Waals surface area contributed by atoms with Crippen LogP contribution in [0.5, 0.6) is 11.5 Å². The van der Waals surface area contributed by atoms with Gasteiger partial charge in [0.05, 0.1) is 13.7 Å². The van der Waals surface area contributed by atoms with Crippen LogP contribution in [0.3, 0.4) is 0 Å². The lowest BCUT2D eigenvalue weighted by atomic mass is 9.97. The summed E-state index contributed by atoms with van der Waals surface area (Å²) in [6.45, 7) is 1.19. The van der Waals surface area contributed by atoms with E-state index in [9.17, 15) is 4.79 Å². The Bertz CT molecular complexity index is 937. The SMILES string of the molecule is COc1ccc(-c2nc(C(=O)NCC3COc4ccccc4C3)cs2)cc1. The molecule has 0 saturated heterocycles. The predicted molar refractivity (Wildman–Crippen MR) is 106 cm³/mol. The fourth-order valence-electron chi connectivity index (χ4n) is 3.09. The largest absolute Gasteiger partial charge is 0.497 e. The van der Waals surface area contributed by atoms with Gasteiger partial charge in [-0.25, -0.2) is 4.98 Å². The van der Waals surface area contributed by atoms with Crippen LogP contribution < -0.4 is 14.8 Å². The van der Waals surface area contributed by atoms with Crippen LogP contribution in [-0.4, -0.2) is 31.2 Å². The maximum absolute atomic E-state index is 12.5. The van der Waals surface area contributed by atoms with E-state index in [0.29, 0.717) is 18.8 Å². The number of hydrogen-bond acceptors (Lipinski definition) is 5. The molecule has 1 aromatic heterocycles. The molecule has 0 aliphatic carbocycles. The van der Waals surface area contributed by atoms with E-state index in [-0.39, 0.29) is 11.8 Å². The summed E-state index contributed by atoms with van der Waals surface area (Å²) >= 11 is 1.46. The standard InChI is InChI=1S/C21H20N2O3S/c1-25-17-8-6-15(7-9-17)21-23-18(13-27-21)20(24)22-11-14-10-16-4-2-3-5-19(16)26-12-14/h2-9,13-14H,10-12H2,1H3,(H,22,24). The van der Waals surface area contributed by atoms with Crippen LogP contribution in [0.2, 0.25) is 0 Å². The Hall–Kier alpha value is -2.86. The van der Waals surface area contributed by atoms with Crippen LogP contribution in [0, 0.1) is 5.92 Å². The number of rotatable bonds is 5. The third-order valence-corrected chi connectivity index (χ3v) is 5.47. The molecule has 6 heteroatoms. The minimum Gasteiger partial charge on any atom is -0.497 e. The van der Waals surface area contributed by atoms with Gasteiger partial charge in [-0.3, -0.25) is 4.79 Å². The summed E-state index contributed by atoms with van der Waals surface area (Å²) in [7, 11) is 1.64. The molecule has 1 N–H and O–H groups in total. The zero-order valence-corrected chi connectivity index (χ0v) is 15.8. The normalized spacial score (nSPS) is 15.5. The molecular weight excluding hydrogens is 360 g/mol. The summed E-state index contributed by atoms with van der Waals surface area (Å²) in [4.78, 5) is 16.9. The number of carbonyl (C=O) groups is 1. The lowest BCUT2D eigenvalue weighted by Crippen LogP contribution is -2.34. The highest BCUT2D eigenvalue weighted by Crippen LogP contribution is 2.27. The molecule has 0 radical (unpaired) electrons. The third-order valence-electron chi connectivity index (χ3n) is 4.58. The number of methoxy groups -OCH3 is 1. The molecule has 1 aliphatic heterocycles. The van der Waals surface area contributed by atoms with Gasteiger partial charge < -0.3 is 14.8 Å². The molecular formula is C21H20N2O3S. The molecule has 0 saturated carbocycles. The monoisotopic (exact) mass is 380 g/mol. The number of nitrogens with one attached hydrogen (secondary N) is 1. The van der Waals surface area contributed by atoms with Gasteiger partial charge in [0.25, 0.3) is 5.91 Å². The van der Waals surface area contributed by atoms with Crippen molar-refractivity contribution in [1.29, 1.82) is 0 Å². The average molecular weight is 380 g/mol. The highest BCUT2D eigenvalue weighted by Gasteiger charge is 2.21. The number of para-hydroxylation sites is 1. The first-order valence-corrected chi connectivity index (χ1v) is 9.70. The van der Waals surface area contributed by atoms with Gasteiger partial charge in [-0.05, 0) is 42.3 Å². The second-order valence-corrected chi connectivity index (χ2v) is 7.32. The zero-order chi connectivity index (χ0) is 18.6. The van der Waals surface area contributed by atoms with Crippen LogP contribution in [0.15, 0.2) is 53.9 Å². The van der Waals surface area contributed by atoms with Gasteiger partial charge >= 0.3 is 0 Å². The Labute approximate surface area is 162 Å². The Balaban J connectivity index is 1.36. The van der Waals surface area contributed by atoms with E-state index in [4.69, 9.17) is 9.47 Å². The van der Waals surface area contributed by atoms with E-state index in [1.165, 1.54) is 16.9 Å². The molecule has 1 atom stereocenters. The van der Waals surface area contributed by atoms with Crippen molar-refractivity contribution < 1.29 is 14.3 Å². The summed E-state index contributed by atoms with van der Waals surface area (Å²) in [5, 5.41) is 5.60. The second-order valence-electron chi connectivity index (χ2n) is 6.47. The molecule has 0 spiro atoms. The maximum Gasteiger partial charge on any atom is 0.270 e. The van der Waals surface area contributed by atoms with Crippen molar-refractivity contribution in [2.24, 2.45) is 5.92 Å². The number of aromatic nitrogens is 1. The Morgan fingerprint density at radius 1 is 1.26 bits per heavy atom. The topological polar surface area (TPSA) is 60.5 Å². The van der Waals surface area contributed by atoms with Crippen molar-refractivity contribution in [3.8, 4) is 22.1 Å². The molecule has 27 heavy (non-hydrogen) atoms. The summed E-state index contributed by atoms with van der Waals surface area (Å²) < 4.78 is 10.9. The lowest BCUT2D eigenvalue weighted by molar-refractivity contribution is 0.0935. The molecule has 2 heterocycles. The Morgan fingerprint density at radius 3 is 2.89 bits per heavy atom. The van der Waals surface area contributed by atoms with E-state index < -0.39 is 0 Å². The van der Waals surface area contributed by atoms with Crippen LogP contribution in [-0.2, 0) is 6.42 Å². The summed E-state index contributed by atoms with van der Waals surface area (Å²) in [5.41, 5.74) is 2.61. The van der Waals surface area contributed by atoms with Crippen molar-refractivity contribution in [2.75, 3.05) is 20.3 Å². The van der Waals surface area contributed by atoms with Crippen LogP contribution >= 0.6 is 11.3 Å². The Morgan fingerprint density at radius 2 is 2.07 bits per heavy atom. The lowest BCUT2D eigenvalue weighted by Gasteiger charge is -2.25. The number of nitrogens with zero attached hydrogens (tertiary/aromatic N) is 1. The zero-order valence-electron chi connectivity index (χ0n) is 15.0. The molecule has 2 aromatic carbocycles. The molecule has 4 rings (SSSR count). The minimum absolute atomic E-state index is 0.148. The second kappa shape index (κ2) is 7.80. The van der Waals surface area contributed by atoms with E-state index in [1.54, 1.807) is 12.5 Å². The molecule has 1 amide bonds. The number of ether oxygens (including phenoxy) is 2. The molecule has 5 nitrogen and oxygen atoms in total. The molecule has 1 aliphatic rings. The van der Waals surface area contributed by atoms with Gasteiger partial charge in [-0.1, -0.05) is 18.2 Å². The van der Waals surface area contributed by atoms with Crippen LogP contribution in [0.4, 0.5) is 0 Å². The fourth-order valence-corrected chi connectivity index (χ4v) is 3.90. The van der Waals surface area contributed by atoms with Crippen molar-refractivity contribution in [3.05, 3.63) is 65.2 Å². The third kappa shape index (κ3) is 3.95. The number of carbonyl (C=O) groups excluding carboxylic acids is 1. The number of benzene rings is 2. The fraction of sp³-hybridized carbons (Fsp3) is 0.238.